The molecule has 2 aromatic rings. The number of anilines is 1. The van der Waals surface area contributed by atoms with Crippen molar-refractivity contribution < 1.29 is 22.7 Å². The summed E-state index contributed by atoms with van der Waals surface area (Å²) in [6.07, 6.45) is -2.11. The molecule has 0 amide bonds. The second-order valence-electron chi connectivity index (χ2n) is 4.54. The minimum Gasteiger partial charge on any atom is -0.406 e. The minimum absolute atomic E-state index is 0.268. The van der Waals surface area contributed by atoms with Gasteiger partial charge in [-0.05, 0) is 42.5 Å². The van der Waals surface area contributed by atoms with Crippen LogP contribution in [0.25, 0.3) is 0 Å². The summed E-state index contributed by atoms with van der Waals surface area (Å²) in [6.45, 7) is 0. The molecule has 0 saturated heterocycles. The zero-order valence-corrected chi connectivity index (χ0v) is 13.4. The Morgan fingerprint density at radius 1 is 1.04 bits per heavy atom. The maximum Gasteiger partial charge on any atom is 0.573 e. The van der Waals surface area contributed by atoms with E-state index in [0.29, 0.717) is 16.3 Å². The van der Waals surface area contributed by atoms with Gasteiger partial charge in [0.1, 0.15) is 5.75 Å². The van der Waals surface area contributed by atoms with E-state index in [-0.39, 0.29) is 16.6 Å². The van der Waals surface area contributed by atoms with Crippen LogP contribution in [0, 0.1) is 0 Å². The Hall–Kier alpha value is -2.18. The third kappa shape index (κ3) is 5.47. The summed E-state index contributed by atoms with van der Waals surface area (Å²) in [7, 11) is 0. The molecule has 0 atom stereocenters. The van der Waals surface area contributed by atoms with E-state index in [4.69, 9.17) is 23.2 Å². The molecule has 0 aromatic heterocycles. The van der Waals surface area contributed by atoms with Gasteiger partial charge in [-0.3, -0.25) is 4.79 Å². The molecule has 1 N–H and O–H groups in total. The van der Waals surface area contributed by atoms with E-state index in [1.165, 1.54) is 42.6 Å². The maximum absolute atomic E-state index is 12.0. The molecule has 0 spiro atoms. The monoisotopic (exact) mass is 375 g/mol. The number of halogens is 5. The summed E-state index contributed by atoms with van der Waals surface area (Å²) in [6, 6.07) is 9.57. The standard InChI is InChI=1S/C16H10Cl2F3NO2/c17-13-6-1-10(9-14(13)18)15(23)7-8-22-11-2-4-12(5-3-11)24-16(19,20)21/h1-9,22H. The molecule has 0 aliphatic rings. The van der Waals surface area contributed by atoms with Crippen LogP contribution >= 0.6 is 23.2 Å². The first-order valence-corrected chi connectivity index (χ1v) is 7.28. The molecule has 2 aromatic carbocycles. The van der Waals surface area contributed by atoms with E-state index in [1.54, 1.807) is 0 Å². The van der Waals surface area contributed by atoms with Crippen LogP contribution in [0.1, 0.15) is 10.4 Å². The molecule has 0 fully saturated rings. The highest BCUT2D eigenvalue weighted by molar-refractivity contribution is 6.42. The molecular formula is C16H10Cl2F3NO2. The molecule has 0 heterocycles. The quantitative estimate of drug-likeness (QED) is 0.537. The van der Waals surface area contributed by atoms with E-state index in [9.17, 15) is 18.0 Å². The number of hydrogen-bond donors (Lipinski definition) is 1. The Bertz CT molecular complexity index is 759. The van der Waals surface area contributed by atoms with Crippen LogP contribution in [0.2, 0.25) is 10.0 Å². The average Bonchev–Trinajstić information content (AvgIpc) is 2.50. The molecule has 0 bridgehead atoms. The predicted octanol–water partition coefficient (Wildman–Crippen LogP) is 5.70. The Kier molecular flexibility index (Phi) is 5.75. The fourth-order valence-electron chi connectivity index (χ4n) is 1.71. The molecule has 3 nitrogen and oxygen atoms in total. The summed E-state index contributed by atoms with van der Waals surface area (Å²) in [5.41, 5.74) is 0.846. The maximum atomic E-state index is 12.0. The molecule has 0 radical (unpaired) electrons. The summed E-state index contributed by atoms with van der Waals surface area (Å²) < 4.78 is 39.9. The normalized spacial score (nSPS) is 11.5. The molecule has 8 heteroatoms. The fourth-order valence-corrected chi connectivity index (χ4v) is 2.01. The molecule has 0 aliphatic carbocycles. The van der Waals surface area contributed by atoms with Crippen molar-refractivity contribution in [2.75, 3.05) is 5.32 Å². The van der Waals surface area contributed by atoms with Crippen molar-refractivity contribution in [3.8, 4) is 5.75 Å². The van der Waals surface area contributed by atoms with Gasteiger partial charge in [-0.1, -0.05) is 23.2 Å². The van der Waals surface area contributed by atoms with Crippen molar-refractivity contribution in [2.45, 2.75) is 6.36 Å². The topological polar surface area (TPSA) is 38.3 Å². The SMILES string of the molecule is O=C(C=CNc1ccc(OC(F)(F)F)cc1)c1ccc(Cl)c(Cl)c1. The third-order valence-corrected chi connectivity index (χ3v) is 3.52. The summed E-state index contributed by atoms with van der Waals surface area (Å²) in [5.74, 6) is -0.637. The van der Waals surface area contributed by atoms with Gasteiger partial charge in [0.15, 0.2) is 5.78 Å². The summed E-state index contributed by atoms with van der Waals surface area (Å²) >= 11 is 11.6. The molecule has 126 valence electrons. The van der Waals surface area contributed by atoms with Crippen LogP contribution in [0.4, 0.5) is 18.9 Å². The molecule has 2 rings (SSSR count). The first-order chi connectivity index (χ1) is 11.2. The van der Waals surface area contributed by atoms with Gasteiger partial charge >= 0.3 is 6.36 Å². The predicted molar refractivity (Wildman–Crippen MR) is 86.7 cm³/mol. The van der Waals surface area contributed by atoms with Crippen molar-refractivity contribution in [1.82, 2.24) is 0 Å². The third-order valence-electron chi connectivity index (χ3n) is 2.78. The number of carbonyl (C=O) groups is 1. The lowest BCUT2D eigenvalue weighted by atomic mass is 10.1. The van der Waals surface area contributed by atoms with E-state index in [0.717, 1.165) is 12.1 Å². The van der Waals surface area contributed by atoms with Crippen LogP contribution in [0.3, 0.4) is 0 Å². The van der Waals surface area contributed by atoms with Crippen LogP contribution in [0.15, 0.2) is 54.7 Å². The minimum atomic E-state index is -4.73. The number of carbonyl (C=O) groups excluding carboxylic acids is 1. The van der Waals surface area contributed by atoms with Crippen LogP contribution in [-0.2, 0) is 0 Å². The van der Waals surface area contributed by atoms with Gasteiger partial charge in [-0.25, -0.2) is 0 Å². The van der Waals surface area contributed by atoms with Gasteiger partial charge in [0, 0.05) is 23.5 Å². The van der Waals surface area contributed by atoms with Gasteiger partial charge in [0.05, 0.1) is 10.0 Å². The number of nitrogens with one attached hydrogen (secondary N) is 1. The average molecular weight is 376 g/mol. The number of allylic oxidation sites excluding steroid dienone is 1. The Labute approximate surface area is 145 Å². The molecule has 0 aliphatic heterocycles. The second kappa shape index (κ2) is 7.59. The highest BCUT2D eigenvalue weighted by Crippen LogP contribution is 2.24. The number of rotatable bonds is 5. The lowest BCUT2D eigenvalue weighted by Crippen LogP contribution is -2.16. The summed E-state index contributed by atoms with van der Waals surface area (Å²) in [5, 5.41) is 3.38. The molecule has 0 unspecified atom stereocenters. The van der Waals surface area contributed by atoms with E-state index in [1.807, 2.05) is 0 Å². The largest absolute Gasteiger partial charge is 0.573 e. The van der Waals surface area contributed by atoms with E-state index >= 15 is 0 Å². The highest BCUT2D eigenvalue weighted by atomic mass is 35.5. The van der Waals surface area contributed by atoms with Crippen molar-refractivity contribution in [2.24, 2.45) is 0 Å². The molecular weight excluding hydrogens is 366 g/mol. The molecule has 0 saturated carbocycles. The van der Waals surface area contributed by atoms with Gasteiger partial charge < -0.3 is 10.1 Å². The van der Waals surface area contributed by atoms with Gasteiger partial charge in [-0.15, -0.1) is 13.2 Å². The number of ketones is 1. The van der Waals surface area contributed by atoms with Crippen molar-refractivity contribution in [1.29, 1.82) is 0 Å². The van der Waals surface area contributed by atoms with Crippen molar-refractivity contribution >= 4 is 34.7 Å². The van der Waals surface area contributed by atoms with Crippen molar-refractivity contribution in [3.05, 3.63) is 70.3 Å². The van der Waals surface area contributed by atoms with Crippen LogP contribution < -0.4 is 10.1 Å². The summed E-state index contributed by atoms with van der Waals surface area (Å²) in [4.78, 5) is 11.9. The van der Waals surface area contributed by atoms with Gasteiger partial charge in [-0.2, -0.15) is 0 Å². The van der Waals surface area contributed by atoms with Crippen molar-refractivity contribution in [3.63, 3.8) is 0 Å². The van der Waals surface area contributed by atoms with E-state index in [2.05, 4.69) is 10.1 Å². The van der Waals surface area contributed by atoms with Crippen LogP contribution in [0.5, 0.6) is 5.75 Å². The Morgan fingerprint density at radius 2 is 1.71 bits per heavy atom. The van der Waals surface area contributed by atoms with Crippen LogP contribution in [-0.4, -0.2) is 12.1 Å². The number of benzene rings is 2. The lowest BCUT2D eigenvalue weighted by Gasteiger charge is -2.09. The number of hydrogen-bond acceptors (Lipinski definition) is 3. The fraction of sp³-hybridized carbons (Fsp3) is 0.0625. The first-order valence-electron chi connectivity index (χ1n) is 6.53. The zero-order valence-electron chi connectivity index (χ0n) is 11.9. The Morgan fingerprint density at radius 3 is 2.29 bits per heavy atom. The van der Waals surface area contributed by atoms with Gasteiger partial charge in [0.25, 0.3) is 0 Å². The van der Waals surface area contributed by atoms with Gasteiger partial charge in [0.2, 0.25) is 0 Å². The highest BCUT2D eigenvalue weighted by Gasteiger charge is 2.30. The lowest BCUT2D eigenvalue weighted by molar-refractivity contribution is -0.274. The number of alkyl halides is 3. The zero-order chi connectivity index (χ0) is 17.7. The number of ether oxygens (including phenoxy) is 1. The van der Waals surface area contributed by atoms with E-state index < -0.39 is 6.36 Å². The smallest absolute Gasteiger partial charge is 0.406 e. The molecule has 24 heavy (non-hydrogen) atoms. The second-order valence-corrected chi connectivity index (χ2v) is 5.36. The first kappa shape index (κ1) is 18.2. The Balaban J connectivity index is 1.95.